The maximum Gasteiger partial charge on any atom is 0.213 e. The molecule has 5 rings (SSSR count). The number of methoxy groups -OCH3 is 1. The zero-order valence-electron chi connectivity index (χ0n) is 14.9. The number of fused-ring (bicyclic) bond motifs is 3. The fourth-order valence-electron chi connectivity index (χ4n) is 3.74. The highest BCUT2D eigenvalue weighted by Gasteiger charge is 2.40. The first-order valence-electron chi connectivity index (χ1n) is 8.99. The summed E-state index contributed by atoms with van der Waals surface area (Å²) in [4.78, 5) is 4.12. The molecule has 27 heavy (non-hydrogen) atoms. The minimum absolute atomic E-state index is 0.158. The van der Waals surface area contributed by atoms with Crippen molar-refractivity contribution in [3.63, 3.8) is 0 Å². The molecule has 3 heterocycles. The summed E-state index contributed by atoms with van der Waals surface area (Å²) in [5.41, 5.74) is 4.39. The average Bonchev–Trinajstić information content (AvgIpc) is 3.20. The van der Waals surface area contributed by atoms with Crippen LogP contribution < -0.4 is 9.47 Å². The van der Waals surface area contributed by atoms with Crippen LogP contribution in [0, 0.1) is 0 Å². The Balaban J connectivity index is 1.57. The van der Waals surface area contributed by atoms with E-state index in [2.05, 4.69) is 22.1 Å². The Morgan fingerprint density at radius 2 is 1.78 bits per heavy atom. The Morgan fingerprint density at radius 1 is 1.00 bits per heavy atom. The van der Waals surface area contributed by atoms with Gasteiger partial charge in [0.1, 0.15) is 11.5 Å². The van der Waals surface area contributed by atoms with Crippen molar-refractivity contribution in [2.24, 2.45) is 5.10 Å². The standard InChI is InChI=1S/C22H19N3O2/c1-26-17-8-6-16(7-9-17)22-25-20(18-4-2-3-5-21(18)27-22)14-19(24-25)15-10-12-23-13-11-15/h2-13,20,22H,14H2,1H3/t20-,22+/m0/s1. The Kier molecular flexibility index (Phi) is 3.78. The topological polar surface area (TPSA) is 47.0 Å². The molecule has 0 saturated carbocycles. The normalized spacial score (nSPS) is 20.3. The second kappa shape index (κ2) is 6.43. The van der Waals surface area contributed by atoms with E-state index < -0.39 is 0 Å². The van der Waals surface area contributed by atoms with Gasteiger partial charge in [-0.1, -0.05) is 18.2 Å². The molecule has 5 nitrogen and oxygen atoms in total. The fraction of sp³-hybridized carbons (Fsp3) is 0.182. The molecular weight excluding hydrogens is 338 g/mol. The Bertz CT molecular complexity index is 986. The van der Waals surface area contributed by atoms with Gasteiger partial charge in [-0.3, -0.25) is 4.98 Å². The van der Waals surface area contributed by atoms with Crippen molar-refractivity contribution >= 4 is 5.71 Å². The Hall–Kier alpha value is -3.34. The van der Waals surface area contributed by atoms with Crippen molar-refractivity contribution in [1.29, 1.82) is 0 Å². The third kappa shape index (κ3) is 2.72. The van der Waals surface area contributed by atoms with Crippen molar-refractivity contribution in [3.8, 4) is 11.5 Å². The molecule has 134 valence electrons. The first-order chi connectivity index (χ1) is 13.3. The van der Waals surface area contributed by atoms with Crippen molar-refractivity contribution < 1.29 is 9.47 Å². The summed E-state index contributed by atoms with van der Waals surface area (Å²) in [5.74, 6) is 1.75. The number of para-hydroxylation sites is 1. The van der Waals surface area contributed by atoms with Gasteiger partial charge in [-0.05, 0) is 42.5 Å². The van der Waals surface area contributed by atoms with Crippen LogP contribution in [0.2, 0.25) is 0 Å². The highest BCUT2D eigenvalue weighted by molar-refractivity contribution is 6.01. The number of hydrogen-bond acceptors (Lipinski definition) is 5. The van der Waals surface area contributed by atoms with Gasteiger partial charge in [0, 0.05) is 35.5 Å². The summed E-state index contributed by atoms with van der Waals surface area (Å²) in [6.45, 7) is 0. The lowest BCUT2D eigenvalue weighted by molar-refractivity contribution is -0.0190. The number of nitrogens with zero attached hydrogens (tertiary/aromatic N) is 3. The summed E-state index contributed by atoms with van der Waals surface area (Å²) in [5, 5.41) is 7.03. The van der Waals surface area contributed by atoms with E-state index in [-0.39, 0.29) is 12.3 Å². The van der Waals surface area contributed by atoms with Crippen LogP contribution in [0.5, 0.6) is 11.5 Å². The highest BCUT2D eigenvalue weighted by Crippen LogP contribution is 2.47. The van der Waals surface area contributed by atoms with Crippen LogP contribution in [0.15, 0.2) is 78.2 Å². The molecule has 2 aliphatic rings. The number of hydrazone groups is 1. The number of benzene rings is 2. The molecule has 0 N–H and O–H groups in total. The molecular formula is C22H19N3O2. The van der Waals surface area contributed by atoms with Gasteiger partial charge in [0.05, 0.1) is 18.9 Å². The zero-order chi connectivity index (χ0) is 18.2. The van der Waals surface area contributed by atoms with Gasteiger partial charge in [0.2, 0.25) is 6.23 Å². The number of ether oxygens (including phenoxy) is 2. The van der Waals surface area contributed by atoms with Gasteiger partial charge in [-0.15, -0.1) is 0 Å². The van der Waals surface area contributed by atoms with Crippen LogP contribution in [0.1, 0.15) is 35.4 Å². The van der Waals surface area contributed by atoms with Crippen molar-refractivity contribution in [1.82, 2.24) is 9.99 Å². The molecule has 0 bridgehead atoms. The average molecular weight is 357 g/mol. The highest BCUT2D eigenvalue weighted by atomic mass is 16.5. The second-order valence-electron chi connectivity index (χ2n) is 6.66. The van der Waals surface area contributed by atoms with E-state index in [1.807, 2.05) is 48.5 Å². The van der Waals surface area contributed by atoms with E-state index in [4.69, 9.17) is 14.6 Å². The Labute approximate surface area is 157 Å². The van der Waals surface area contributed by atoms with E-state index >= 15 is 0 Å². The molecule has 0 fully saturated rings. The summed E-state index contributed by atoms with van der Waals surface area (Å²) in [7, 11) is 1.67. The molecule has 2 atom stereocenters. The smallest absolute Gasteiger partial charge is 0.213 e. The minimum atomic E-state index is -0.268. The molecule has 2 aromatic carbocycles. The summed E-state index contributed by atoms with van der Waals surface area (Å²) in [6, 6.07) is 20.4. The predicted molar refractivity (Wildman–Crippen MR) is 103 cm³/mol. The number of hydrogen-bond donors (Lipinski definition) is 0. The molecule has 5 heteroatoms. The number of aromatic nitrogens is 1. The fourth-order valence-corrected chi connectivity index (χ4v) is 3.74. The van der Waals surface area contributed by atoms with Gasteiger partial charge in [0.25, 0.3) is 0 Å². The van der Waals surface area contributed by atoms with Gasteiger partial charge in [-0.2, -0.15) is 5.10 Å². The molecule has 3 aromatic rings. The SMILES string of the molecule is COc1ccc([C@H]2Oc3ccccc3[C@@H]3CC(c4ccncc4)=NN23)cc1. The van der Waals surface area contributed by atoms with E-state index in [1.165, 1.54) is 5.56 Å². The van der Waals surface area contributed by atoms with Gasteiger partial charge in [0.15, 0.2) is 0 Å². The first kappa shape index (κ1) is 15.9. The number of rotatable bonds is 3. The summed E-state index contributed by atoms with van der Waals surface area (Å²) < 4.78 is 11.6. The third-order valence-electron chi connectivity index (χ3n) is 5.11. The van der Waals surface area contributed by atoms with E-state index in [0.717, 1.165) is 34.8 Å². The molecule has 0 spiro atoms. The summed E-state index contributed by atoms with van der Waals surface area (Å²) >= 11 is 0. The van der Waals surface area contributed by atoms with Crippen LogP contribution in [0.25, 0.3) is 0 Å². The van der Waals surface area contributed by atoms with Crippen LogP contribution in [-0.4, -0.2) is 22.8 Å². The second-order valence-corrected chi connectivity index (χ2v) is 6.66. The molecule has 0 amide bonds. The lowest BCUT2D eigenvalue weighted by Crippen LogP contribution is -2.33. The minimum Gasteiger partial charge on any atom is -0.497 e. The lowest BCUT2D eigenvalue weighted by Gasteiger charge is -2.38. The van der Waals surface area contributed by atoms with Crippen molar-refractivity contribution in [2.75, 3.05) is 7.11 Å². The van der Waals surface area contributed by atoms with Crippen LogP contribution in [-0.2, 0) is 0 Å². The van der Waals surface area contributed by atoms with Gasteiger partial charge >= 0.3 is 0 Å². The molecule has 0 aliphatic carbocycles. The largest absolute Gasteiger partial charge is 0.497 e. The quantitative estimate of drug-likeness (QED) is 0.700. The van der Waals surface area contributed by atoms with E-state index in [0.29, 0.717) is 0 Å². The van der Waals surface area contributed by atoms with E-state index in [1.54, 1.807) is 19.5 Å². The number of pyridine rings is 1. The van der Waals surface area contributed by atoms with Crippen LogP contribution in [0.3, 0.4) is 0 Å². The monoisotopic (exact) mass is 357 g/mol. The lowest BCUT2D eigenvalue weighted by atomic mass is 9.96. The Morgan fingerprint density at radius 3 is 2.56 bits per heavy atom. The zero-order valence-corrected chi connectivity index (χ0v) is 14.9. The molecule has 0 radical (unpaired) electrons. The van der Waals surface area contributed by atoms with Crippen LogP contribution >= 0.6 is 0 Å². The molecule has 0 unspecified atom stereocenters. The summed E-state index contributed by atoms with van der Waals surface area (Å²) in [6.07, 6.45) is 4.19. The van der Waals surface area contributed by atoms with Crippen molar-refractivity contribution in [2.45, 2.75) is 18.7 Å². The first-order valence-corrected chi connectivity index (χ1v) is 8.99. The third-order valence-corrected chi connectivity index (χ3v) is 5.11. The maximum absolute atomic E-state index is 6.36. The maximum atomic E-state index is 6.36. The van der Waals surface area contributed by atoms with E-state index in [9.17, 15) is 0 Å². The predicted octanol–water partition coefficient (Wildman–Crippen LogP) is 4.33. The molecule has 1 aromatic heterocycles. The van der Waals surface area contributed by atoms with Crippen molar-refractivity contribution in [3.05, 3.63) is 89.7 Å². The van der Waals surface area contributed by atoms with Crippen LogP contribution in [0.4, 0.5) is 0 Å². The molecule has 0 saturated heterocycles. The van der Waals surface area contributed by atoms with Gasteiger partial charge < -0.3 is 9.47 Å². The van der Waals surface area contributed by atoms with Gasteiger partial charge in [-0.25, -0.2) is 5.01 Å². The molecule has 2 aliphatic heterocycles.